The van der Waals surface area contributed by atoms with E-state index in [-0.39, 0.29) is 42.4 Å². The molecule has 0 radical (unpaired) electrons. The lowest BCUT2D eigenvalue weighted by Gasteiger charge is -2.38. The number of nitrogens with zero attached hydrogens (tertiary/aromatic N) is 2. The summed E-state index contributed by atoms with van der Waals surface area (Å²) in [5, 5.41) is 13.8. The van der Waals surface area contributed by atoms with Crippen LogP contribution >= 0.6 is 23.2 Å². The van der Waals surface area contributed by atoms with Gasteiger partial charge in [-0.15, -0.1) is 0 Å². The number of nitrogens with one attached hydrogen (secondary N) is 1. The molecular formula is C27H33Cl2N3O4. The fraction of sp³-hybridized carbons (Fsp3) is 0.481. The predicted octanol–water partition coefficient (Wildman–Crippen LogP) is 4.69. The number of benzene rings is 2. The van der Waals surface area contributed by atoms with Gasteiger partial charge in [0.05, 0.1) is 33.9 Å². The van der Waals surface area contributed by atoms with Gasteiger partial charge in [0, 0.05) is 31.5 Å². The van der Waals surface area contributed by atoms with Crippen molar-refractivity contribution in [1.82, 2.24) is 9.80 Å². The molecule has 1 aliphatic heterocycles. The van der Waals surface area contributed by atoms with Crippen molar-refractivity contribution in [3.63, 3.8) is 0 Å². The molecule has 36 heavy (non-hydrogen) atoms. The SMILES string of the molecule is C[C@@H]1CN([C@@H](C)CO)C(=O)c2cccc(NC(=O)C3CC3)c2O[C@@H]1CN(C)Cc1ccc(Cl)c(Cl)c1. The number of ether oxygens (including phenoxy) is 1. The van der Waals surface area contributed by atoms with Crippen molar-refractivity contribution in [3.05, 3.63) is 57.6 Å². The average Bonchev–Trinajstić information content (AvgIpc) is 3.69. The van der Waals surface area contributed by atoms with E-state index in [1.807, 2.05) is 33.0 Å². The summed E-state index contributed by atoms with van der Waals surface area (Å²) in [4.78, 5) is 29.9. The Labute approximate surface area is 222 Å². The second-order valence-electron chi connectivity index (χ2n) is 10.0. The molecule has 0 spiro atoms. The van der Waals surface area contributed by atoms with Gasteiger partial charge in [-0.3, -0.25) is 14.5 Å². The minimum absolute atomic E-state index is 0.0167. The van der Waals surface area contributed by atoms with Gasteiger partial charge in [-0.1, -0.05) is 42.3 Å². The molecule has 2 amide bonds. The van der Waals surface area contributed by atoms with Crippen molar-refractivity contribution in [3.8, 4) is 5.75 Å². The molecule has 0 bridgehead atoms. The first kappa shape index (κ1) is 26.7. The van der Waals surface area contributed by atoms with Gasteiger partial charge in [-0.25, -0.2) is 0 Å². The van der Waals surface area contributed by atoms with Gasteiger partial charge in [-0.05, 0) is 56.6 Å². The van der Waals surface area contributed by atoms with Gasteiger partial charge in [0.25, 0.3) is 5.91 Å². The molecule has 2 N–H and O–H groups in total. The van der Waals surface area contributed by atoms with Crippen molar-refractivity contribution in [2.45, 2.75) is 45.4 Å². The Hall–Kier alpha value is -2.32. The maximum atomic E-state index is 13.5. The van der Waals surface area contributed by atoms with Gasteiger partial charge in [0.2, 0.25) is 5.91 Å². The fourth-order valence-corrected chi connectivity index (χ4v) is 4.78. The van der Waals surface area contributed by atoms with E-state index >= 15 is 0 Å². The quantitative estimate of drug-likeness (QED) is 0.514. The average molecular weight is 534 g/mol. The molecule has 1 aliphatic carbocycles. The summed E-state index contributed by atoms with van der Waals surface area (Å²) < 4.78 is 6.55. The Morgan fingerprint density at radius 2 is 2.00 bits per heavy atom. The lowest BCUT2D eigenvalue weighted by atomic mass is 9.98. The molecule has 7 nitrogen and oxygen atoms in total. The van der Waals surface area contributed by atoms with Crippen LogP contribution in [0.1, 0.15) is 42.6 Å². The molecule has 2 aromatic carbocycles. The Morgan fingerprint density at radius 1 is 1.25 bits per heavy atom. The van der Waals surface area contributed by atoms with Crippen LogP contribution in [0.25, 0.3) is 0 Å². The number of anilines is 1. The predicted molar refractivity (Wildman–Crippen MR) is 142 cm³/mol. The zero-order valence-corrected chi connectivity index (χ0v) is 22.4. The summed E-state index contributed by atoms with van der Waals surface area (Å²) in [6.45, 7) is 5.36. The van der Waals surface area contributed by atoms with E-state index in [0.717, 1.165) is 18.4 Å². The number of likely N-dealkylation sites (N-methyl/N-ethyl adjacent to an activating group) is 1. The van der Waals surface area contributed by atoms with E-state index in [4.69, 9.17) is 27.9 Å². The van der Waals surface area contributed by atoms with Crippen molar-refractivity contribution in [2.75, 3.05) is 32.1 Å². The number of aliphatic hydroxyl groups is 1. The van der Waals surface area contributed by atoms with E-state index in [1.165, 1.54) is 0 Å². The number of halogens is 2. The first-order valence-corrected chi connectivity index (χ1v) is 13.1. The number of rotatable bonds is 8. The smallest absolute Gasteiger partial charge is 0.258 e. The molecule has 4 rings (SSSR count). The van der Waals surface area contributed by atoms with E-state index in [0.29, 0.717) is 46.7 Å². The highest BCUT2D eigenvalue weighted by Gasteiger charge is 2.36. The van der Waals surface area contributed by atoms with Crippen molar-refractivity contribution in [2.24, 2.45) is 11.8 Å². The summed E-state index contributed by atoms with van der Waals surface area (Å²) in [7, 11) is 2.00. The first-order valence-electron chi connectivity index (χ1n) is 12.3. The number of fused-ring (bicyclic) bond motifs is 1. The second-order valence-corrected chi connectivity index (χ2v) is 10.8. The van der Waals surface area contributed by atoms with Crippen molar-refractivity contribution >= 4 is 40.7 Å². The molecule has 2 aromatic rings. The van der Waals surface area contributed by atoms with E-state index < -0.39 is 0 Å². The highest BCUT2D eigenvalue weighted by atomic mass is 35.5. The van der Waals surface area contributed by atoms with E-state index in [9.17, 15) is 14.7 Å². The van der Waals surface area contributed by atoms with Gasteiger partial charge in [-0.2, -0.15) is 0 Å². The zero-order chi connectivity index (χ0) is 26.0. The molecule has 1 saturated carbocycles. The van der Waals surface area contributed by atoms with Crippen LogP contribution < -0.4 is 10.1 Å². The molecule has 0 aromatic heterocycles. The van der Waals surface area contributed by atoms with Crippen LogP contribution in [0.15, 0.2) is 36.4 Å². The third-order valence-electron chi connectivity index (χ3n) is 6.83. The monoisotopic (exact) mass is 533 g/mol. The van der Waals surface area contributed by atoms with E-state index in [2.05, 4.69) is 10.2 Å². The molecule has 194 valence electrons. The van der Waals surface area contributed by atoms with Gasteiger partial charge in [0.15, 0.2) is 5.75 Å². The van der Waals surface area contributed by atoms with Crippen LogP contribution in [0.5, 0.6) is 5.75 Å². The van der Waals surface area contributed by atoms with Crippen LogP contribution in [0.3, 0.4) is 0 Å². The summed E-state index contributed by atoms with van der Waals surface area (Å²) in [5.74, 6) is 0.0840. The summed E-state index contributed by atoms with van der Waals surface area (Å²) >= 11 is 12.3. The molecule has 0 saturated heterocycles. The van der Waals surface area contributed by atoms with Gasteiger partial charge in [0.1, 0.15) is 6.10 Å². The standard InChI is InChI=1S/C27H33Cl2N3O4/c1-16-12-32(17(2)15-33)27(35)20-5-4-6-23(30-26(34)19-8-9-19)25(20)36-24(16)14-31(3)13-18-7-10-21(28)22(29)11-18/h4-7,10-11,16-17,19,24,33H,8-9,12-15H2,1-3H3,(H,30,34)/t16-,17+,24-/m1/s1. The Kier molecular flexibility index (Phi) is 8.45. The Morgan fingerprint density at radius 3 is 2.67 bits per heavy atom. The number of carbonyl (C=O) groups excluding carboxylic acids is 2. The van der Waals surface area contributed by atoms with E-state index in [1.54, 1.807) is 29.2 Å². The molecule has 9 heteroatoms. The van der Waals surface area contributed by atoms with Gasteiger partial charge >= 0.3 is 0 Å². The van der Waals surface area contributed by atoms with Gasteiger partial charge < -0.3 is 20.1 Å². The molecule has 1 fully saturated rings. The third kappa shape index (κ3) is 6.14. The van der Waals surface area contributed by atoms with Crippen molar-refractivity contribution in [1.29, 1.82) is 0 Å². The largest absolute Gasteiger partial charge is 0.486 e. The Bertz CT molecular complexity index is 1120. The number of aliphatic hydroxyl groups excluding tert-OH is 1. The van der Waals surface area contributed by atoms with Crippen LogP contribution in [0.4, 0.5) is 5.69 Å². The number of amides is 2. The number of carbonyl (C=O) groups is 2. The van der Waals surface area contributed by atoms with Crippen LogP contribution in [0, 0.1) is 11.8 Å². The number of hydrogen-bond acceptors (Lipinski definition) is 5. The van der Waals surface area contributed by atoms with Crippen LogP contribution in [-0.2, 0) is 11.3 Å². The normalized spacial score (nSPS) is 20.9. The summed E-state index contributed by atoms with van der Waals surface area (Å²) in [6, 6.07) is 10.5. The number of hydrogen-bond donors (Lipinski definition) is 2. The lowest BCUT2D eigenvalue weighted by Crippen LogP contribution is -2.49. The molecule has 0 unspecified atom stereocenters. The maximum absolute atomic E-state index is 13.5. The summed E-state index contributed by atoms with van der Waals surface area (Å²) in [5.41, 5.74) is 1.91. The molecule has 3 atom stereocenters. The minimum Gasteiger partial charge on any atom is -0.486 e. The molecule has 2 aliphatic rings. The second kappa shape index (κ2) is 11.4. The maximum Gasteiger partial charge on any atom is 0.258 e. The zero-order valence-electron chi connectivity index (χ0n) is 20.8. The fourth-order valence-electron chi connectivity index (χ4n) is 4.46. The van der Waals surface area contributed by atoms with Crippen molar-refractivity contribution < 1.29 is 19.4 Å². The highest BCUT2D eigenvalue weighted by molar-refractivity contribution is 6.42. The van der Waals surface area contributed by atoms with Crippen LogP contribution in [-0.4, -0.2) is 65.6 Å². The first-order chi connectivity index (χ1) is 17.2. The molecular weight excluding hydrogens is 501 g/mol. The molecule has 1 heterocycles. The highest BCUT2D eigenvalue weighted by Crippen LogP contribution is 2.37. The topological polar surface area (TPSA) is 82.1 Å². The third-order valence-corrected chi connectivity index (χ3v) is 7.56. The minimum atomic E-state index is -0.356. The van der Waals surface area contributed by atoms with Crippen LogP contribution in [0.2, 0.25) is 10.0 Å². The summed E-state index contributed by atoms with van der Waals surface area (Å²) in [6.07, 6.45) is 1.47. The lowest BCUT2D eigenvalue weighted by molar-refractivity contribution is -0.117. The number of para-hydroxylation sites is 1. The Balaban J connectivity index is 1.63.